The average molecular weight is 429 g/mol. The van der Waals surface area contributed by atoms with Gasteiger partial charge in [0.15, 0.2) is 0 Å². The van der Waals surface area contributed by atoms with E-state index in [-0.39, 0.29) is 5.41 Å². The number of para-hydroxylation sites is 1. The summed E-state index contributed by atoms with van der Waals surface area (Å²) in [6.07, 6.45) is 10.1. The predicted molar refractivity (Wildman–Crippen MR) is 120 cm³/mol. The van der Waals surface area contributed by atoms with Crippen molar-refractivity contribution in [1.82, 2.24) is 19.9 Å². The number of aromatic nitrogens is 4. The highest BCUT2D eigenvalue weighted by Crippen LogP contribution is 2.61. The van der Waals surface area contributed by atoms with Gasteiger partial charge in [0.1, 0.15) is 0 Å². The Balaban J connectivity index is 1.38. The van der Waals surface area contributed by atoms with Crippen LogP contribution in [-0.4, -0.2) is 19.9 Å². The minimum Gasteiger partial charge on any atom is -0.333 e. The molecule has 0 atom stereocenters. The second kappa shape index (κ2) is 6.63. The summed E-state index contributed by atoms with van der Waals surface area (Å²) < 4.78 is 7.83. The van der Waals surface area contributed by atoms with Crippen LogP contribution in [0.3, 0.4) is 0 Å². The van der Waals surface area contributed by atoms with Gasteiger partial charge in [0.25, 0.3) is 5.89 Å². The van der Waals surface area contributed by atoms with Gasteiger partial charge < -0.3 is 4.52 Å². The van der Waals surface area contributed by atoms with E-state index in [0.29, 0.717) is 11.7 Å². The Labute approximate surface area is 185 Å². The third-order valence-electron chi connectivity index (χ3n) is 7.67. The zero-order valence-electron chi connectivity index (χ0n) is 17.3. The SMILES string of the molecule is c1ccc(-n2cc(-c3nc(-c4cccs4)no3)c(C34CC5CC(CC(C5)C3)C4)n2)cc1. The van der Waals surface area contributed by atoms with Gasteiger partial charge in [-0.3, -0.25) is 0 Å². The molecule has 4 fully saturated rings. The molecule has 6 heteroatoms. The molecule has 4 bridgehead atoms. The van der Waals surface area contributed by atoms with E-state index in [1.165, 1.54) is 44.2 Å². The van der Waals surface area contributed by atoms with Crippen molar-refractivity contribution in [2.24, 2.45) is 17.8 Å². The summed E-state index contributed by atoms with van der Waals surface area (Å²) >= 11 is 1.63. The van der Waals surface area contributed by atoms with Crippen LogP contribution in [0.25, 0.3) is 27.8 Å². The van der Waals surface area contributed by atoms with Crippen molar-refractivity contribution >= 4 is 11.3 Å². The van der Waals surface area contributed by atoms with E-state index >= 15 is 0 Å². The van der Waals surface area contributed by atoms with E-state index in [1.54, 1.807) is 11.3 Å². The number of benzene rings is 1. The van der Waals surface area contributed by atoms with Crippen LogP contribution in [-0.2, 0) is 5.41 Å². The van der Waals surface area contributed by atoms with E-state index in [1.807, 2.05) is 28.3 Å². The van der Waals surface area contributed by atoms with Crippen LogP contribution in [0.4, 0.5) is 0 Å². The average Bonchev–Trinajstić information content (AvgIpc) is 3.53. The van der Waals surface area contributed by atoms with Crippen LogP contribution in [0.2, 0.25) is 0 Å². The van der Waals surface area contributed by atoms with Crippen LogP contribution in [0.15, 0.2) is 58.6 Å². The quantitative estimate of drug-likeness (QED) is 0.393. The molecule has 4 aliphatic rings. The topological polar surface area (TPSA) is 56.7 Å². The molecule has 0 aliphatic heterocycles. The molecule has 0 unspecified atom stereocenters. The maximum absolute atomic E-state index is 5.82. The van der Waals surface area contributed by atoms with Crippen molar-refractivity contribution in [2.75, 3.05) is 0 Å². The number of thiophene rings is 1. The summed E-state index contributed by atoms with van der Waals surface area (Å²) in [6.45, 7) is 0. The molecule has 4 aliphatic carbocycles. The standard InChI is InChI=1S/C25H24N4OS/c1-2-5-19(6-3-1)29-15-20(24-26-23(28-30-24)21-7-4-8-31-21)22(27-29)25-12-16-9-17(13-25)11-18(10-16)14-25/h1-8,15-18H,9-14H2. The van der Waals surface area contributed by atoms with Gasteiger partial charge in [-0.2, -0.15) is 10.1 Å². The third-order valence-corrected chi connectivity index (χ3v) is 8.54. The lowest BCUT2D eigenvalue weighted by Gasteiger charge is -2.56. The Kier molecular flexibility index (Phi) is 3.83. The molecule has 8 rings (SSSR count). The Bertz CT molecular complexity index is 1190. The summed E-state index contributed by atoms with van der Waals surface area (Å²) in [5.41, 5.74) is 3.41. The van der Waals surface area contributed by atoms with E-state index in [2.05, 4.69) is 35.6 Å². The lowest BCUT2D eigenvalue weighted by molar-refractivity contribution is -0.00715. The van der Waals surface area contributed by atoms with E-state index < -0.39 is 0 Å². The number of hydrogen-bond donors (Lipinski definition) is 0. The van der Waals surface area contributed by atoms with Crippen LogP contribution < -0.4 is 0 Å². The second-order valence-electron chi connectivity index (χ2n) is 9.77. The highest BCUT2D eigenvalue weighted by atomic mass is 32.1. The fourth-order valence-corrected chi connectivity index (χ4v) is 7.52. The first kappa shape index (κ1) is 17.9. The Morgan fingerprint density at radius 1 is 0.935 bits per heavy atom. The molecule has 0 N–H and O–H groups in total. The molecular weight excluding hydrogens is 404 g/mol. The summed E-state index contributed by atoms with van der Waals surface area (Å²) in [6, 6.07) is 14.4. The van der Waals surface area contributed by atoms with Gasteiger partial charge >= 0.3 is 0 Å². The fourth-order valence-electron chi connectivity index (χ4n) is 6.87. The van der Waals surface area contributed by atoms with Crippen molar-refractivity contribution in [3.63, 3.8) is 0 Å². The van der Waals surface area contributed by atoms with E-state index in [4.69, 9.17) is 14.6 Å². The van der Waals surface area contributed by atoms with Crippen LogP contribution >= 0.6 is 11.3 Å². The highest BCUT2D eigenvalue weighted by molar-refractivity contribution is 7.13. The maximum atomic E-state index is 5.82. The lowest BCUT2D eigenvalue weighted by atomic mass is 9.48. The van der Waals surface area contributed by atoms with Crippen molar-refractivity contribution < 1.29 is 4.52 Å². The smallest absolute Gasteiger partial charge is 0.261 e. The zero-order chi connectivity index (χ0) is 20.4. The molecule has 4 aromatic rings. The minimum absolute atomic E-state index is 0.154. The van der Waals surface area contributed by atoms with Gasteiger partial charge in [-0.15, -0.1) is 11.3 Å². The normalized spacial score (nSPS) is 29.0. The first-order valence-electron chi connectivity index (χ1n) is 11.3. The van der Waals surface area contributed by atoms with Crippen LogP contribution in [0.1, 0.15) is 44.2 Å². The van der Waals surface area contributed by atoms with Gasteiger partial charge in [0, 0.05) is 11.6 Å². The number of rotatable bonds is 4. The van der Waals surface area contributed by atoms with Crippen LogP contribution in [0, 0.1) is 17.8 Å². The molecule has 0 saturated heterocycles. The summed E-state index contributed by atoms with van der Waals surface area (Å²) in [7, 11) is 0. The number of nitrogens with zero attached hydrogens (tertiary/aromatic N) is 4. The Morgan fingerprint density at radius 2 is 1.68 bits per heavy atom. The van der Waals surface area contributed by atoms with Gasteiger partial charge in [0.05, 0.1) is 21.8 Å². The molecular formula is C25H24N4OS. The zero-order valence-corrected chi connectivity index (χ0v) is 18.1. The molecule has 0 radical (unpaired) electrons. The summed E-state index contributed by atoms with van der Waals surface area (Å²) in [4.78, 5) is 5.83. The number of hydrogen-bond acceptors (Lipinski definition) is 5. The van der Waals surface area contributed by atoms with Gasteiger partial charge in [-0.25, -0.2) is 4.68 Å². The monoisotopic (exact) mass is 428 g/mol. The summed E-state index contributed by atoms with van der Waals surface area (Å²) in [5, 5.41) is 11.5. The molecule has 3 heterocycles. The van der Waals surface area contributed by atoms with Crippen molar-refractivity contribution in [1.29, 1.82) is 0 Å². The van der Waals surface area contributed by atoms with Crippen molar-refractivity contribution in [2.45, 2.75) is 43.9 Å². The predicted octanol–water partition coefficient (Wildman–Crippen LogP) is 6.12. The molecule has 156 valence electrons. The first-order valence-corrected chi connectivity index (χ1v) is 12.2. The van der Waals surface area contributed by atoms with E-state index in [9.17, 15) is 0 Å². The molecule has 0 amide bonds. The van der Waals surface area contributed by atoms with Crippen LogP contribution in [0.5, 0.6) is 0 Å². The molecule has 0 spiro atoms. The molecule has 4 saturated carbocycles. The second-order valence-corrected chi connectivity index (χ2v) is 10.7. The Hall–Kier alpha value is -2.73. The fraction of sp³-hybridized carbons (Fsp3) is 0.400. The minimum atomic E-state index is 0.154. The Morgan fingerprint density at radius 3 is 2.35 bits per heavy atom. The molecule has 3 aromatic heterocycles. The van der Waals surface area contributed by atoms with Gasteiger partial charge in [-0.05, 0) is 79.9 Å². The third kappa shape index (κ3) is 2.84. The molecule has 31 heavy (non-hydrogen) atoms. The highest BCUT2D eigenvalue weighted by Gasteiger charge is 2.53. The maximum Gasteiger partial charge on any atom is 0.261 e. The largest absolute Gasteiger partial charge is 0.333 e. The van der Waals surface area contributed by atoms with Gasteiger partial charge in [0.2, 0.25) is 5.82 Å². The van der Waals surface area contributed by atoms with E-state index in [0.717, 1.165) is 33.9 Å². The molecule has 5 nitrogen and oxygen atoms in total. The lowest BCUT2D eigenvalue weighted by Crippen LogP contribution is -2.49. The first-order chi connectivity index (χ1) is 15.3. The van der Waals surface area contributed by atoms with Crippen molar-refractivity contribution in [3.05, 3.63) is 59.7 Å². The molecule has 1 aromatic carbocycles. The summed E-state index contributed by atoms with van der Waals surface area (Å²) in [5.74, 6) is 3.81. The van der Waals surface area contributed by atoms with Gasteiger partial charge in [-0.1, -0.05) is 29.4 Å². The van der Waals surface area contributed by atoms with Crippen molar-refractivity contribution in [3.8, 4) is 27.8 Å².